The number of hydrogen-bond donors (Lipinski definition) is 0. The highest BCUT2D eigenvalue weighted by Crippen LogP contribution is 2.10. The Morgan fingerprint density at radius 3 is 3.00 bits per heavy atom. The average molecular weight is 192 g/mol. The van der Waals surface area contributed by atoms with Gasteiger partial charge in [-0.15, -0.1) is 0 Å². The van der Waals surface area contributed by atoms with Crippen molar-refractivity contribution < 1.29 is 0 Å². The summed E-state index contributed by atoms with van der Waals surface area (Å²) in [5, 5.41) is 8.70. The third-order valence-corrected chi connectivity index (χ3v) is 2.14. The van der Waals surface area contributed by atoms with Gasteiger partial charge in [0.2, 0.25) is 5.95 Å². The van der Waals surface area contributed by atoms with Crippen LogP contribution in [0.25, 0.3) is 0 Å². The van der Waals surface area contributed by atoms with Crippen molar-refractivity contribution in [1.82, 2.24) is 9.55 Å². The van der Waals surface area contributed by atoms with E-state index in [0.29, 0.717) is 6.54 Å². The molecular weight excluding hydrogens is 176 g/mol. The minimum atomic E-state index is 0.0296. The number of nitriles is 1. The molecule has 0 aliphatic heterocycles. The van der Waals surface area contributed by atoms with Crippen LogP contribution in [-0.2, 0) is 6.54 Å². The number of hydrogen-bond acceptors (Lipinski definition) is 3. The van der Waals surface area contributed by atoms with E-state index in [4.69, 9.17) is 5.26 Å². The number of aromatic nitrogens is 2. The van der Waals surface area contributed by atoms with E-state index in [1.807, 2.05) is 25.1 Å². The van der Waals surface area contributed by atoms with E-state index in [-0.39, 0.29) is 5.92 Å². The molecule has 1 aromatic heterocycles. The number of anilines is 1. The van der Waals surface area contributed by atoms with Crippen molar-refractivity contribution in [2.75, 3.05) is 18.5 Å². The second-order valence-corrected chi connectivity index (χ2v) is 3.42. The molecule has 0 aromatic carbocycles. The van der Waals surface area contributed by atoms with Gasteiger partial charge < -0.3 is 9.47 Å². The zero-order chi connectivity index (χ0) is 10.6. The molecule has 0 radical (unpaired) electrons. The molecular formula is C10H16N4. The monoisotopic (exact) mass is 192 g/mol. The van der Waals surface area contributed by atoms with Crippen LogP contribution >= 0.6 is 0 Å². The second-order valence-electron chi connectivity index (χ2n) is 3.42. The van der Waals surface area contributed by atoms with Crippen LogP contribution in [0.15, 0.2) is 12.4 Å². The summed E-state index contributed by atoms with van der Waals surface area (Å²) in [4.78, 5) is 6.27. The summed E-state index contributed by atoms with van der Waals surface area (Å²) in [6.07, 6.45) is 3.73. The van der Waals surface area contributed by atoms with E-state index in [0.717, 1.165) is 12.5 Å². The van der Waals surface area contributed by atoms with E-state index in [2.05, 4.69) is 22.5 Å². The van der Waals surface area contributed by atoms with Crippen molar-refractivity contribution in [1.29, 1.82) is 5.26 Å². The molecule has 1 rings (SSSR count). The van der Waals surface area contributed by atoms with Gasteiger partial charge in [0.1, 0.15) is 0 Å². The molecule has 14 heavy (non-hydrogen) atoms. The Kier molecular flexibility index (Phi) is 3.52. The minimum Gasteiger partial charge on any atom is -0.344 e. The van der Waals surface area contributed by atoms with E-state index in [9.17, 15) is 0 Å². The van der Waals surface area contributed by atoms with Gasteiger partial charge in [-0.25, -0.2) is 4.98 Å². The Bertz CT molecular complexity index is 323. The summed E-state index contributed by atoms with van der Waals surface area (Å²) in [6, 6.07) is 2.22. The lowest BCUT2D eigenvalue weighted by atomic mass is 10.2. The third kappa shape index (κ3) is 2.25. The van der Waals surface area contributed by atoms with Gasteiger partial charge in [0, 0.05) is 32.5 Å². The van der Waals surface area contributed by atoms with Gasteiger partial charge in [-0.05, 0) is 13.8 Å². The molecule has 1 aromatic rings. The molecule has 1 unspecified atom stereocenters. The first kappa shape index (κ1) is 10.6. The zero-order valence-corrected chi connectivity index (χ0v) is 8.94. The lowest BCUT2D eigenvalue weighted by molar-refractivity contribution is 0.669. The van der Waals surface area contributed by atoms with Crippen LogP contribution in [0.2, 0.25) is 0 Å². The average Bonchev–Trinajstić information content (AvgIpc) is 2.65. The van der Waals surface area contributed by atoms with Crippen molar-refractivity contribution in [3.8, 4) is 6.07 Å². The second kappa shape index (κ2) is 4.66. The molecule has 0 amide bonds. The fourth-order valence-electron chi connectivity index (χ4n) is 1.42. The summed E-state index contributed by atoms with van der Waals surface area (Å²) < 4.78 is 2.06. The van der Waals surface area contributed by atoms with E-state index in [1.54, 1.807) is 6.20 Å². The van der Waals surface area contributed by atoms with Crippen LogP contribution in [0.4, 0.5) is 5.95 Å². The summed E-state index contributed by atoms with van der Waals surface area (Å²) >= 11 is 0. The van der Waals surface area contributed by atoms with E-state index >= 15 is 0 Å². The SMILES string of the molecule is CCn1ccnc1N(C)CC(C)C#N. The highest BCUT2D eigenvalue weighted by atomic mass is 15.3. The standard InChI is InChI=1S/C10H16N4/c1-4-14-6-5-12-10(14)13(3)8-9(2)7-11/h5-6,9H,4,8H2,1-3H3. The first-order chi connectivity index (χ1) is 6.69. The topological polar surface area (TPSA) is 44.9 Å². The fraction of sp³-hybridized carbons (Fsp3) is 0.600. The molecule has 0 aliphatic rings. The molecule has 0 saturated heterocycles. The number of aryl methyl sites for hydroxylation is 1. The van der Waals surface area contributed by atoms with Crippen LogP contribution in [-0.4, -0.2) is 23.1 Å². The lowest BCUT2D eigenvalue weighted by Crippen LogP contribution is -2.26. The summed E-state index contributed by atoms with van der Waals surface area (Å²) in [5.74, 6) is 0.955. The van der Waals surface area contributed by atoms with Gasteiger partial charge in [0.15, 0.2) is 0 Å². The number of rotatable bonds is 4. The molecule has 0 aliphatic carbocycles. The maximum Gasteiger partial charge on any atom is 0.205 e. The van der Waals surface area contributed by atoms with Crippen LogP contribution in [0.3, 0.4) is 0 Å². The summed E-state index contributed by atoms with van der Waals surface area (Å²) in [5.41, 5.74) is 0. The number of imidazole rings is 1. The van der Waals surface area contributed by atoms with Crippen molar-refractivity contribution in [3.05, 3.63) is 12.4 Å². The van der Waals surface area contributed by atoms with Gasteiger partial charge in [-0.2, -0.15) is 5.26 Å². The van der Waals surface area contributed by atoms with Gasteiger partial charge in [0.25, 0.3) is 0 Å². The first-order valence-electron chi connectivity index (χ1n) is 4.81. The summed E-state index contributed by atoms with van der Waals surface area (Å²) in [7, 11) is 1.96. The van der Waals surface area contributed by atoms with Crippen LogP contribution in [0.5, 0.6) is 0 Å². The Morgan fingerprint density at radius 2 is 2.43 bits per heavy atom. The Hall–Kier alpha value is -1.50. The molecule has 1 atom stereocenters. The molecule has 4 nitrogen and oxygen atoms in total. The first-order valence-corrected chi connectivity index (χ1v) is 4.81. The van der Waals surface area contributed by atoms with E-state index < -0.39 is 0 Å². The predicted molar refractivity (Wildman–Crippen MR) is 55.9 cm³/mol. The van der Waals surface area contributed by atoms with Gasteiger partial charge >= 0.3 is 0 Å². The molecule has 0 saturated carbocycles. The fourth-order valence-corrected chi connectivity index (χ4v) is 1.42. The third-order valence-electron chi connectivity index (χ3n) is 2.14. The van der Waals surface area contributed by atoms with Gasteiger partial charge in [-0.3, -0.25) is 0 Å². The van der Waals surface area contributed by atoms with Crippen molar-refractivity contribution in [2.24, 2.45) is 5.92 Å². The Balaban J connectivity index is 2.70. The highest BCUT2D eigenvalue weighted by molar-refractivity contribution is 5.30. The van der Waals surface area contributed by atoms with Crippen LogP contribution < -0.4 is 4.90 Å². The molecule has 0 bridgehead atoms. The largest absolute Gasteiger partial charge is 0.344 e. The van der Waals surface area contributed by atoms with Gasteiger partial charge in [0.05, 0.1) is 12.0 Å². The zero-order valence-electron chi connectivity index (χ0n) is 8.94. The van der Waals surface area contributed by atoms with Crippen molar-refractivity contribution in [2.45, 2.75) is 20.4 Å². The molecule has 0 N–H and O–H groups in total. The van der Waals surface area contributed by atoms with Crippen molar-refractivity contribution in [3.63, 3.8) is 0 Å². The Labute approximate surface area is 84.8 Å². The quantitative estimate of drug-likeness (QED) is 0.726. The van der Waals surface area contributed by atoms with Crippen molar-refractivity contribution >= 4 is 5.95 Å². The molecule has 1 heterocycles. The smallest absolute Gasteiger partial charge is 0.205 e. The van der Waals surface area contributed by atoms with Gasteiger partial charge in [-0.1, -0.05) is 0 Å². The molecule has 76 valence electrons. The minimum absolute atomic E-state index is 0.0296. The van der Waals surface area contributed by atoms with E-state index in [1.165, 1.54) is 0 Å². The Morgan fingerprint density at radius 1 is 1.71 bits per heavy atom. The van der Waals surface area contributed by atoms with Crippen LogP contribution in [0.1, 0.15) is 13.8 Å². The maximum absolute atomic E-state index is 8.70. The molecule has 0 spiro atoms. The highest BCUT2D eigenvalue weighted by Gasteiger charge is 2.10. The molecule has 0 fully saturated rings. The van der Waals surface area contributed by atoms with Crippen LogP contribution in [0, 0.1) is 17.2 Å². The molecule has 4 heteroatoms. The predicted octanol–water partition coefficient (Wildman–Crippen LogP) is 1.50. The maximum atomic E-state index is 8.70. The normalized spacial score (nSPS) is 12.1. The summed E-state index contributed by atoms with van der Waals surface area (Å²) in [6.45, 7) is 5.61. The number of nitrogens with zero attached hydrogens (tertiary/aromatic N) is 4. The lowest BCUT2D eigenvalue weighted by Gasteiger charge is -2.19.